The molecule has 1 fully saturated rings. The fraction of sp³-hybridized carbons (Fsp3) is 0.643. The molecule has 0 unspecified atom stereocenters. The van der Waals surface area contributed by atoms with E-state index in [0.29, 0.717) is 0 Å². The Morgan fingerprint density at radius 3 is 2.83 bits per heavy atom. The Balaban J connectivity index is 1.77. The highest BCUT2D eigenvalue weighted by Crippen LogP contribution is 2.22. The molecule has 0 saturated heterocycles. The number of halogens is 1. The van der Waals surface area contributed by atoms with Gasteiger partial charge in [0.15, 0.2) is 0 Å². The summed E-state index contributed by atoms with van der Waals surface area (Å²) in [4.78, 5) is 6.87. The highest BCUT2D eigenvalue weighted by Gasteiger charge is 2.18. The zero-order valence-corrected chi connectivity index (χ0v) is 12.8. The van der Waals surface area contributed by atoms with E-state index >= 15 is 0 Å². The van der Waals surface area contributed by atoms with Gasteiger partial charge in [-0.25, -0.2) is 4.98 Å². The average Bonchev–Trinajstić information content (AvgIpc) is 2.85. The molecule has 1 aromatic rings. The summed E-state index contributed by atoms with van der Waals surface area (Å²) in [6.45, 7) is 4.07. The number of nitrogens with one attached hydrogen (secondary N) is 1. The first-order valence-corrected chi connectivity index (χ1v) is 7.52. The van der Waals surface area contributed by atoms with Crippen molar-refractivity contribution in [2.24, 2.45) is 0 Å². The van der Waals surface area contributed by atoms with Crippen LogP contribution in [0.5, 0.6) is 0 Å². The molecule has 100 valence electrons. The quantitative estimate of drug-likeness (QED) is 0.903. The third kappa shape index (κ3) is 3.69. The summed E-state index contributed by atoms with van der Waals surface area (Å²) >= 11 is 3.54. The summed E-state index contributed by atoms with van der Waals surface area (Å²) in [5.74, 6) is 0.945. The molecular formula is C14H22BrN3. The topological polar surface area (TPSA) is 28.2 Å². The summed E-state index contributed by atoms with van der Waals surface area (Å²) < 4.78 is 1.05. The largest absolute Gasteiger partial charge is 0.368 e. The Bertz CT molecular complexity index is 389. The summed E-state index contributed by atoms with van der Waals surface area (Å²) in [6.07, 6.45) is 7.42. The van der Waals surface area contributed by atoms with Crippen LogP contribution in [0.1, 0.15) is 31.2 Å². The first kappa shape index (κ1) is 13.8. The molecule has 0 spiro atoms. The van der Waals surface area contributed by atoms with Crippen molar-refractivity contribution < 1.29 is 0 Å². The molecular weight excluding hydrogens is 290 g/mol. The van der Waals surface area contributed by atoms with Crippen molar-refractivity contribution in [2.75, 3.05) is 25.5 Å². The van der Waals surface area contributed by atoms with Gasteiger partial charge in [-0.05, 0) is 54.4 Å². The normalized spacial score (nSPS) is 16.4. The van der Waals surface area contributed by atoms with Gasteiger partial charge in [-0.1, -0.05) is 12.8 Å². The number of aryl methyl sites for hydroxylation is 1. The second-order valence-corrected chi connectivity index (χ2v) is 6.04. The van der Waals surface area contributed by atoms with Gasteiger partial charge in [0.05, 0.1) is 4.47 Å². The number of aromatic nitrogens is 1. The van der Waals surface area contributed by atoms with Crippen LogP contribution in [0.2, 0.25) is 0 Å². The number of pyridine rings is 1. The van der Waals surface area contributed by atoms with E-state index in [1.165, 1.54) is 31.2 Å². The molecule has 1 aliphatic rings. The Kier molecular flexibility index (Phi) is 5.01. The Labute approximate surface area is 118 Å². The second kappa shape index (κ2) is 6.53. The van der Waals surface area contributed by atoms with E-state index < -0.39 is 0 Å². The molecule has 18 heavy (non-hydrogen) atoms. The molecule has 0 aliphatic heterocycles. The van der Waals surface area contributed by atoms with E-state index in [1.54, 1.807) is 0 Å². The molecule has 0 radical (unpaired) electrons. The molecule has 3 nitrogen and oxygen atoms in total. The fourth-order valence-corrected chi connectivity index (χ4v) is 3.15. The van der Waals surface area contributed by atoms with Crippen LogP contribution in [0, 0.1) is 6.92 Å². The van der Waals surface area contributed by atoms with Gasteiger partial charge in [-0.3, -0.25) is 0 Å². The van der Waals surface area contributed by atoms with Crippen molar-refractivity contribution in [1.29, 1.82) is 0 Å². The zero-order valence-electron chi connectivity index (χ0n) is 11.2. The second-order valence-electron chi connectivity index (χ2n) is 5.19. The van der Waals surface area contributed by atoms with E-state index in [9.17, 15) is 0 Å². The number of rotatable bonds is 5. The molecule has 0 bridgehead atoms. The van der Waals surface area contributed by atoms with Crippen molar-refractivity contribution >= 4 is 21.7 Å². The van der Waals surface area contributed by atoms with E-state index in [0.717, 1.165) is 29.4 Å². The lowest BCUT2D eigenvalue weighted by molar-refractivity contribution is 0.254. The smallest absolute Gasteiger partial charge is 0.140 e. The van der Waals surface area contributed by atoms with Crippen molar-refractivity contribution in [3.63, 3.8) is 0 Å². The third-order valence-electron chi connectivity index (χ3n) is 3.68. The summed E-state index contributed by atoms with van der Waals surface area (Å²) in [6, 6.07) is 2.89. The Morgan fingerprint density at radius 1 is 1.44 bits per heavy atom. The van der Waals surface area contributed by atoms with Gasteiger partial charge in [-0.2, -0.15) is 0 Å². The molecule has 0 atom stereocenters. The lowest BCUT2D eigenvalue weighted by atomic mass is 10.2. The van der Waals surface area contributed by atoms with Crippen LogP contribution in [0.25, 0.3) is 0 Å². The number of anilines is 1. The molecule has 1 saturated carbocycles. The molecule has 1 aromatic heterocycles. The third-order valence-corrected chi connectivity index (χ3v) is 4.29. The van der Waals surface area contributed by atoms with Gasteiger partial charge >= 0.3 is 0 Å². The van der Waals surface area contributed by atoms with Gasteiger partial charge in [0.2, 0.25) is 0 Å². The van der Waals surface area contributed by atoms with Crippen LogP contribution in [-0.2, 0) is 0 Å². The maximum absolute atomic E-state index is 4.40. The summed E-state index contributed by atoms with van der Waals surface area (Å²) in [5.41, 5.74) is 1.18. The first-order chi connectivity index (χ1) is 8.66. The maximum atomic E-state index is 4.40. The highest BCUT2D eigenvalue weighted by molar-refractivity contribution is 9.10. The summed E-state index contributed by atoms with van der Waals surface area (Å²) in [5, 5.41) is 3.39. The first-order valence-electron chi connectivity index (χ1n) is 6.73. The minimum Gasteiger partial charge on any atom is -0.368 e. The lowest BCUT2D eigenvalue weighted by Crippen LogP contribution is -2.33. The monoisotopic (exact) mass is 311 g/mol. The van der Waals surface area contributed by atoms with E-state index in [2.05, 4.69) is 51.2 Å². The number of hydrogen-bond donors (Lipinski definition) is 1. The van der Waals surface area contributed by atoms with Crippen LogP contribution >= 0.6 is 15.9 Å². The van der Waals surface area contributed by atoms with Crippen LogP contribution in [0.3, 0.4) is 0 Å². The number of hydrogen-bond acceptors (Lipinski definition) is 3. The van der Waals surface area contributed by atoms with Crippen molar-refractivity contribution in [2.45, 2.75) is 38.6 Å². The minimum absolute atomic E-state index is 0.793. The molecule has 1 aliphatic carbocycles. The zero-order chi connectivity index (χ0) is 13.0. The highest BCUT2D eigenvalue weighted by atomic mass is 79.9. The maximum Gasteiger partial charge on any atom is 0.140 e. The van der Waals surface area contributed by atoms with Gasteiger partial charge in [0, 0.05) is 25.3 Å². The van der Waals surface area contributed by atoms with Crippen molar-refractivity contribution in [1.82, 2.24) is 9.88 Å². The van der Waals surface area contributed by atoms with Crippen molar-refractivity contribution in [3.8, 4) is 0 Å². The van der Waals surface area contributed by atoms with Gasteiger partial charge in [-0.15, -0.1) is 0 Å². The average molecular weight is 312 g/mol. The van der Waals surface area contributed by atoms with Gasteiger partial charge < -0.3 is 10.2 Å². The van der Waals surface area contributed by atoms with Crippen molar-refractivity contribution in [3.05, 3.63) is 22.3 Å². The van der Waals surface area contributed by atoms with Gasteiger partial charge in [0.25, 0.3) is 0 Å². The van der Waals surface area contributed by atoms with Crippen LogP contribution in [0.4, 0.5) is 5.82 Å². The van der Waals surface area contributed by atoms with E-state index in [1.807, 2.05) is 6.20 Å². The number of likely N-dealkylation sites (N-methyl/N-ethyl adjacent to an activating group) is 1. The predicted octanol–water partition coefficient (Wildman–Crippen LogP) is 3.44. The molecule has 1 N–H and O–H groups in total. The van der Waals surface area contributed by atoms with Gasteiger partial charge in [0.1, 0.15) is 5.82 Å². The van der Waals surface area contributed by atoms with Crippen LogP contribution in [0.15, 0.2) is 16.7 Å². The molecule has 4 heteroatoms. The van der Waals surface area contributed by atoms with E-state index in [-0.39, 0.29) is 0 Å². The SMILES string of the molecule is Cc1cnc(NCCN(C)C2CCCC2)c(Br)c1. The predicted molar refractivity (Wildman–Crippen MR) is 80.0 cm³/mol. The summed E-state index contributed by atoms with van der Waals surface area (Å²) in [7, 11) is 2.23. The van der Waals surface area contributed by atoms with Crippen LogP contribution < -0.4 is 5.32 Å². The van der Waals surface area contributed by atoms with E-state index in [4.69, 9.17) is 0 Å². The van der Waals surface area contributed by atoms with Crippen LogP contribution in [-0.4, -0.2) is 36.1 Å². The number of nitrogens with zero attached hydrogens (tertiary/aromatic N) is 2. The minimum atomic E-state index is 0.793. The fourth-order valence-electron chi connectivity index (χ4n) is 2.54. The Morgan fingerprint density at radius 2 is 2.17 bits per heavy atom. The lowest BCUT2D eigenvalue weighted by Gasteiger charge is -2.24. The standard InChI is InChI=1S/C14H22BrN3/c1-11-9-13(15)14(17-10-11)16-7-8-18(2)12-5-3-4-6-12/h9-10,12H,3-8H2,1-2H3,(H,16,17). The molecule has 1 heterocycles. The molecule has 0 aromatic carbocycles. The molecule has 2 rings (SSSR count). The Hall–Kier alpha value is -0.610. The molecule has 0 amide bonds.